The molecule has 0 atom stereocenters. The van der Waals surface area contributed by atoms with Crippen LogP contribution in [-0.4, -0.2) is 12.7 Å². The number of anilines is 1. The van der Waals surface area contributed by atoms with Crippen LogP contribution in [0, 0.1) is 11.6 Å². The zero-order valence-electron chi connectivity index (χ0n) is 11.3. The average molecular weight is 303 g/mol. The van der Waals surface area contributed by atoms with Gasteiger partial charge < -0.3 is 14.8 Å². The molecule has 6 heteroatoms. The van der Waals surface area contributed by atoms with Gasteiger partial charge in [0.15, 0.2) is 11.5 Å². The van der Waals surface area contributed by atoms with Gasteiger partial charge in [-0.2, -0.15) is 0 Å². The Morgan fingerprint density at radius 1 is 1.09 bits per heavy atom. The highest BCUT2D eigenvalue weighted by Crippen LogP contribution is 2.32. The summed E-state index contributed by atoms with van der Waals surface area (Å²) in [7, 11) is 0. The molecule has 3 rings (SSSR count). The topological polar surface area (TPSA) is 47.6 Å². The van der Waals surface area contributed by atoms with E-state index in [1.807, 2.05) is 0 Å². The minimum Gasteiger partial charge on any atom is -0.454 e. The molecule has 1 amide bonds. The molecule has 1 N–H and O–H groups in total. The van der Waals surface area contributed by atoms with Gasteiger partial charge in [-0.3, -0.25) is 4.79 Å². The molecule has 0 spiro atoms. The molecule has 22 heavy (non-hydrogen) atoms. The van der Waals surface area contributed by atoms with Gasteiger partial charge in [-0.1, -0.05) is 6.07 Å². The van der Waals surface area contributed by atoms with Crippen LogP contribution in [-0.2, 0) is 4.79 Å². The van der Waals surface area contributed by atoms with Gasteiger partial charge in [-0.05, 0) is 35.9 Å². The molecule has 0 bridgehead atoms. The lowest BCUT2D eigenvalue weighted by Gasteiger charge is -2.03. The Kier molecular flexibility index (Phi) is 3.74. The van der Waals surface area contributed by atoms with Gasteiger partial charge in [0.05, 0.1) is 5.69 Å². The molecule has 0 fully saturated rings. The van der Waals surface area contributed by atoms with Crippen molar-refractivity contribution < 1.29 is 23.0 Å². The van der Waals surface area contributed by atoms with Crippen LogP contribution in [0.4, 0.5) is 14.5 Å². The number of benzene rings is 2. The number of halogens is 2. The lowest BCUT2D eigenvalue weighted by atomic mass is 10.2. The summed E-state index contributed by atoms with van der Waals surface area (Å²) in [6.07, 6.45) is 2.80. The average Bonchev–Trinajstić information content (AvgIpc) is 2.95. The van der Waals surface area contributed by atoms with E-state index in [0.29, 0.717) is 17.6 Å². The van der Waals surface area contributed by atoms with Crippen LogP contribution in [0.15, 0.2) is 42.5 Å². The SMILES string of the molecule is O=C(/C=C/c1ccc2c(c1)OCO2)Nc1ccc(F)cc1F. The smallest absolute Gasteiger partial charge is 0.248 e. The molecule has 1 aliphatic heterocycles. The minimum atomic E-state index is -0.829. The summed E-state index contributed by atoms with van der Waals surface area (Å²) in [4.78, 5) is 11.7. The van der Waals surface area contributed by atoms with Gasteiger partial charge in [0.25, 0.3) is 0 Å². The lowest BCUT2D eigenvalue weighted by Crippen LogP contribution is -2.09. The molecule has 0 radical (unpaired) electrons. The summed E-state index contributed by atoms with van der Waals surface area (Å²) < 4.78 is 36.6. The standard InChI is InChI=1S/C16H11F2NO3/c17-11-3-4-13(12(18)8-11)19-16(20)6-2-10-1-5-14-15(7-10)22-9-21-14/h1-8H,9H2,(H,19,20)/b6-2+. The molecule has 2 aromatic carbocycles. The van der Waals surface area contributed by atoms with Crippen molar-refractivity contribution in [3.8, 4) is 11.5 Å². The highest BCUT2D eigenvalue weighted by Gasteiger charge is 2.12. The fourth-order valence-corrected chi connectivity index (χ4v) is 1.95. The van der Waals surface area contributed by atoms with Crippen molar-refractivity contribution >= 4 is 17.7 Å². The second-order valence-corrected chi connectivity index (χ2v) is 4.56. The number of hydrogen-bond acceptors (Lipinski definition) is 3. The lowest BCUT2D eigenvalue weighted by molar-refractivity contribution is -0.111. The third-order valence-electron chi connectivity index (χ3n) is 3.01. The molecular formula is C16H11F2NO3. The number of carbonyl (C=O) groups is 1. The second kappa shape index (κ2) is 5.85. The van der Waals surface area contributed by atoms with Crippen molar-refractivity contribution in [3.05, 3.63) is 59.7 Å². The van der Waals surface area contributed by atoms with Crippen LogP contribution < -0.4 is 14.8 Å². The molecule has 0 saturated carbocycles. The normalized spacial score (nSPS) is 12.6. The molecule has 112 valence electrons. The molecule has 2 aromatic rings. The van der Waals surface area contributed by atoms with Crippen molar-refractivity contribution in [3.63, 3.8) is 0 Å². The Labute approximate surface area is 125 Å². The number of rotatable bonds is 3. The van der Waals surface area contributed by atoms with E-state index in [0.717, 1.165) is 17.7 Å². The van der Waals surface area contributed by atoms with Crippen molar-refractivity contribution in [1.82, 2.24) is 0 Å². The Balaban J connectivity index is 1.68. The van der Waals surface area contributed by atoms with Crippen LogP contribution in [0.5, 0.6) is 11.5 Å². The van der Waals surface area contributed by atoms with Crippen molar-refractivity contribution in [2.75, 3.05) is 12.1 Å². The number of hydrogen-bond donors (Lipinski definition) is 1. The van der Waals surface area contributed by atoms with E-state index in [9.17, 15) is 13.6 Å². The molecular weight excluding hydrogens is 292 g/mol. The van der Waals surface area contributed by atoms with Crippen LogP contribution in [0.3, 0.4) is 0 Å². The Morgan fingerprint density at radius 3 is 2.73 bits per heavy atom. The van der Waals surface area contributed by atoms with E-state index in [1.165, 1.54) is 6.08 Å². The number of fused-ring (bicyclic) bond motifs is 1. The van der Waals surface area contributed by atoms with E-state index in [-0.39, 0.29) is 12.5 Å². The first-order valence-electron chi connectivity index (χ1n) is 6.45. The predicted octanol–water partition coefficient (Wildman–Crippen LogP) is 3.35. The first kappa shape index (κ1) is 14.1. The fourth-order valence-electron chi connectivity index (χ4n) is 1.95. The maximum atomic E-state index is 13.4. The maximum Gasteiger partial charge on any atom is 0.248 e. The zero-order chi connectivity index (χ0) is 15.5. The Morgan fingerprint density at radius 2 is 1.91 bits per heavy atom. The van der Waals surface area contributed by atoms with E-state index in [1.54, 1.807) is 24.3 Å². The molecule has 1 heterocycles. The highest BCUT2D eigenvalue weighted by atomic mass is 19.1. The summed E-state index contributed by atoms with van der Waals surface area (Å²) >= 11 is 0. The van der Waals surface area contributed by atoms with E-state index >= 15 is 0 Å². The van der Waals surface area contributed by atoms with Crippen molar-refractivity contribution in [1.29, 1.82) is 0 Å². The van der Waals surface area contributed by atoms with E-state index < -0.39 is 17.5 Å². The van der Waals surface area contributed by atoms with Gasteiger partial charge in [0, 0.05) is 12.1 Å². The molecule has 0 aromatic heterocycles. The summed E-state index contributed by atoms with van der Waals surface area (Å²) in [5.74, 6) is -0.804. The van der Waals surface area contributed by atoms with Gasteiger partial charge >= 0.3 is 0 Å². The first-order chi connectivity index (χ1) is 10.6. The van der Waals surface area contributed by atoms with Crippen LogP contribution in [0.2, 0.25) is 0 Å². The molecule has 1 aliphatic rings. The number of carbonyl (C=O) groups excluding carboxylic acids is 1. The summed E-state index contributed by atoms with van der Waals surface area (Å²) in [5.41, 5.74) is 0.653. The summed E-state index contributed by atoms with van der Waals surface area (Å²) in [6, 6.07) is 8.16. The zero-order valence-corrected chi connectivity index (χ0v) is 11.3. The van der Waals surface area contributed by atoms with Gasteiger partial charge in [0.1, 0.15) is 11.6 Å². The number of amides is 1. The molecule has 0 unspecified atom stereocenters. The quantitative estimate of drug-likeness (QED) is 0.885. The highest BCUT2D eigenvalue weighted by molar-refractivity contribution is 6.02. The molecule has 4 nitrogen and oxygen atoms in total. The van der Waals surface area contributed by atoms with Crippen LogP contribution in [0.25, 0.3) is 6.08 Å². The van der Waals surface area contributed by atoms with E-state index in [4.69, 9.17) is 9.47 Å². The summed E-state index contributed by atoms with van der Waals surface area (Å²) in [6.45, 7) is 0.173. The Bertz CT molecular complexity index is 759. The van der Waals surface area contributed by atoms with Gasteiger partial charge in [-0.15, -0.1) is 0 Å². The van der Waals surface area contributed by atoms with Crippen LogP contribution >= 0.6 is 0 Å². The summed E-state index contributed by atoms with van der Waals surface area (Å²) in [5, 5.41) is 2.34. The fraction of sp³-hybridized carbons (Fsp3) is 0.0625. The monoisotopic (exact) mass is 303 g/mol. The van der Waals surface area contributed by atoms with Crippen molar-refractivity contribution in [2.24, 2.45) is 0 Å². The minimum absolute atomic E-state index is 0.0817. The number of nitrogens with one attached hydrogen (secondary N) is 1. The van der Waals surface area contributed by atoms with E-state index in [2.05, 4.69) is 5.32 Å². The molecule has 0 aliphatic carbocycles. The third kappa shape index (κ3) is 3.06. The van der Waals surface area contributed by atoms with Gasteiger partial charge in [-0.25, -0.2) is 8.78 Å². The van der Waals surface area contributed by atoms with Crippen molar-refractivity contribution in [2.45, 2.75) is 0 Å². The largest absolute Gasteiger partial charge is 0.454 e. The van der Waals surface area contributed by atoms with Gasteiger partial charge in [0.2, 0.25) is 12.7 Å². The predicted molar refractivity (Wildman–Crippen MR) is 76.6 cm³/mol. The second-order valence-electron chi connectivity index (χ2n) is 4.56. The number of ether oxygens (including phenoxy) is 2. The third-order valence-corrected chi connectivity index (χ3v) is 3.01. The van der Waals surface area contributed by atoms with Crippen LogP contribution in [0.1, 0.15) is 5.56 Å². The molecule has 0 saturated heterocycles. The Hall–Kier alpha value is -2.89. The first-order valence-corrected chi connectivity index (χ1v) is 6.45. The maximum absolute atomic E-state index is 13.4.